The molecule has 3 unspecified atom stereocenters. The van der Waals surface area contributed by atoms with Crippen molar-refractivity contribution in [2.45, 2.75) is 31.6 Å². The molecule has 0 radical (unpaired) electrons. The van der Waals surface area contributed by atoms with Gasteiger partial charge in [-0.1, -0.05) is 140 Å². The van der Waals surface area contributed by atoms with Crippen LogP contribution >= 0.6 is 0 Å². The smallest absolute Gasteiger partial charge is 0.164 e. The largest absolute Gasteiger partial charge is 0.208 e. The van der Waals surface area contributed by atoms with E-state index >= 15 is 0 Å². The van der Waals surface area contributed by atoms with Gasteiger partial charge < -0.3 is 0 Å². The lowest BCUT2D eigenvalue weighted by molar-refractivity contribution is 0.420. The van der Waals surface area contributed by atoms with Crippen molar-refractivity contribution in [1.82, 2.24) is 15.0 Å². The highest BCUT2D eigenvalue weighted by Gasteiger charge is 2.40. The van der Waals surface area contributed by atoms with Crippen LogP contribution in [0.25, 0.3) is 78.0 Å². The third kappa shape index (κ3) is 5.69. The zero-order valence-electron chi connectivity index (χ0n) is 28.4. The van der Waals surface area contributed by atoms with Crippen molar-refractivity contribution < 1.29 is 0 Å². The third-order valence-corrected chi connectivity index (χ3v) is 11.4. The van der Waals surface area contributed by atoms with Gasteiger partial charge in [0.2, 0.25) is 0 Å². The van der Waals surface area contributed by atoms with E-state index in [0.717, 1.165) is 33.9 Å². The first-order chi connectivity index (χ1) is 25.2. The van der Waals surface area contributed by atoms with Crippen LogP contribution in [0.15, 0.2) is 158 Å². The van der Waals surface area contributed by atoms with Crippen LogP contribution in [0, 0.1) is 11.8 Å². The van der Waals surface area contributed by atoms with E-state index in [9.17, 15) is 0 Å². The second-order valence-electron chi connectivity index (χ2n) is 14.5. The van der Waals surface area contributed by atoms with Crippen LogP contribution in [-0.4, -0.2) is 15.0 Å². The molecule has 2 bridgehead atoms. The molecule has 1 heterocycles. The fraction of sp³-hybridized carbons (Fsp3) is 0.146. The molecule has 244 valence electrons. The van der Waals surface area contributed by atoms with Gasteiger partial charge in [-0.05, 0) is 111 Å². The Morgan fingerprint density at radius 1 is 0.353 bits per heavy atom. The van der Waals surface area contributed by atoms with Crippen LogP contribution in [0.4, 0.5) is 0 Å². The molecule has 2 aliphatic carbocycles. The summed E-state index contributed by atoms with van der Waals surface area (Å²) in [4.78, 5) is 15.1. The Morgan fingerprint density at radius 2 is 0.843 bits per heavy atom. The van der Waals surface area contributed by atoms with Crippen molar-refractivity contribution in [3.8, 4) is 56.4 Å². The summed E-state index contributed by atoms with van der Waals surface area (Å²) >= 11 is 0. The van der Waals surface area contributed by atoms with Gasteiger partial charge in [-0.3, -0.25) is 0 Å². The summed E-state index contributed by atoms with van der Waals surface area (Å²) in [5.74, 6) is 4.58. The third-order valence-electron chi connectivity index (χ3n) is 11.4. The van der Waals surface area contributed by atoms with Gasteiger partial charge >= 0.3 is 0 Å². The fourth-order valence-electron chi connectivity index (χ4n) is 8.69. The van der Waals surface area contributed by atoms with Crippen molar-refractivity contribution in [2.24, 2.45) is 11.8 Å². The average Bonchev–Trinajstić information content (AvgIpc) is 3.85. The minimum absolute atomic E-state index is 0.685. The van der Waals surface area contributed by atoms with Crippen LogP contribution < -0.4 is 0 Å². The summed E-state index contributed by atoms with van der Waals surface area (Å²) in [6.45, 7) is 0. The lowest BCUT2D eigenvalue weighted by Crippen LogP contribution is -2.08. The van der Waals surface area contributed by atoms with Crippen molar-refractivity contribution >= 4 is 21.5 Å². The summed E-state index contributed by atoms with van der Waals surface area (Å²) in [5, 5.41) is 4.85. The number of benzene rings is 7. The highest BCUT2D eigenvalue weighted by Crippen LogP contribution is 2.53. The lowest BCUT2D eigenvalue weighted by Gasteiger charge is -2.22. The maximum Gasteiger partial charge on any atom is 0.164 e. The molecule has 2 saturated carbocycles. The zero-order valence-corrected chi connectivity index (χ0v) is 28.4. The summed E-state index contributed by atoms with van der Waals surface area (Å²) in [7, 11) is 0. The van der Waals surface area contributed by atoms with E-state index in [4.69, 9.17) is 15.0 Å². The molecule has 10 rings (SSSR count). The second-order valence-corrected chi connectivity index (χ2v) is 14.5. The topological polar surface area (TPSA) is 38.7 Å². The van der Waals surface area contributed by atoms with E-state index in [-0.39, 0.29) is 0 Å². The van der Waals surface area contributed by atoms with Crippen molar-refractivity contribution in [2.75, 3.05) is 0 Å². The van der Waals surface area contributed by atoms with Gasteiger partial charge in [-0.2, -0.15) is 0 Å². The van der Waals surface area contributed by atoms with E-state index in [1.54, 1.807) is 0 Å². The van der Waals surface area contributed by atoms with Crippen LogP contribution in [0.1, 0.15) is 37.2 Å². The number of aromatic nitrogens is 3. The Morgan fingerprint density at radius 3 is 1.49 bits per heavy atom. The number of hydrogen-bond donors (Lipinski definition) is 0. The minimum Gasteiger partial charge on any atom is -0.208 e. The van der Waals surface area contributed by atoms with Crippen molar-refractivity contribution in [3.05, 3.63) is 163 Å². The van der Waals surface area contributed by atoms with Gasteiger partial charge in [-0.25, -0.2) is 15.0 Å². The molecule has 0 aliphatic heterocycles. The van der Waals surface area contributed by atoms with Gasteiger partial charge in [-0.15, -0.1) is 0 Å². The molecule has 1 aromatic heterocycles. The molecule has 2 fully saturated rings. The minimum atomic E-state index is 0.685. The second kappa shape index (κ2) is 12.4. The Bertz CT molecular complexity index is 2550. The van der Waals surface area contributed by atoms with E-state index < -0.39 is 0 Å². The summed E-state index contributed by atoms with van der Waals surface area (Å²) in [5.41, 5.74) is 9.30. The SMILES string of the molecule is c1ccc(-c2nc(-c3ccc(C4CC5CCC4C5)cc3)nc(-c3ccc4cc(-c5cccc(-c6ccc7ccccc7c6)c5)ccc4c3)n2)cc1. The number of nitrogens with zero attached hydrogens (tertiary/aromatic N) is 3. The van der Waals surface area contributed by atoms with Crippen molar-refractivity contribution in [1.29, 1.82) is 0 Å². The summed E-state index contributed by atoms with van der Waals surface area (Å²) in [6, 6.07) is 56.6. The Kier molecular flexibility index (Phi) is 7.30. The van der Waals surface area contributed by atoms with Crippen LogP contribution in [0.2, 0.25) is 0 Å². The van der Waals surface area contributed by atoms with Crippen LogP contribution in [0.3, 0.4) is 0 Å². The highest BCUT2D eigenvalue weighted by atomic mass is 15.0. The normalized spacial score (nSPS) is 18.1. The quantitative estimate of drug-likeness (QED) is 0.179. The molecule has 0 saturated heterocycles. The van der Waals surface area contributed by atoms with E-state index in [1.165, 1.54) is 69.7 Å². The van der Waals surface area contributed by atoms with E-state index in [0.29, 0.717) is 23.4 Å². The van der Waals surface area contributed by atoms with Gasteiger partial charge in [0.05, 0.1) is 0 Å². The first-order valence-electron chi connectivity index (χ1n) is 18.3. The maximum absolute atomic E-state index is 5.07. The van der Waals surface area contributed by atoms with E-state index in [1.807, 2.05) is 18.2 Å². The van der Waals surface area contributed by atoms with Gasteiger partial charge in [0, 0.05) is 16.7 Å². The van der Waals surface area contributed by atoms with Gasteiger partial charge in [0.15, 0.2) is 17.5 Å². The fourth-order valence-corrected chi connectivity index (χ4v) is 8.69. The molecule has 3 atom stereocenters. The zero-order chi connectivity index (χ0) is 33.7. The number of rotatable bonds is 6. The number of hydrogen-bond acceptors (Lipinski definition) is 3. The van der Waals surface area contributed by atoms with Crippen molar-refractivity contribution in [3.63, 3.8) is 0 Å². The molecule has 3 heteroatoms. The Balaban J connectivity index is 0.982. The molecule has 0 amide bonds. The van der Waals surface area contributed by atoms with E-state index in [2.05, 4.69) is 140 Å². The van der Waals surface area contributed by atoms with Gasteiger partial charge in [0.25, 0.3) is 0 Å². The predicted molar refractivity (Wildman–Crippen MR) is 210 cm³/mol. The molecular formula is C48H37N3. The molecule has 51 heavy (non-hydrogen) atoms. The molecule has 8 aromatic rings. The standard InChI is InChI=1S/C48H37N3/c1-2-8-34(9-3-1)46-49-47(35-18-16-33(17-19-35)45-26-31-13-14-43(45)25-31)51-48(50-46)44-24-23-41-29-40(21-22-42(41)30-44)38-12-6-11-37(28-38)39-20-15-32-7-4-5-10-36(32)27-39/h1-12,15-24,27-31,43,45H,13-14,25-26H2. The Hall–Kier alpha value is -5.93. The number of fused-ring (bicyclic) bond motifs is 4. The monoisotopic (exact) mass is 655 g/mol. The highest BCUT2D eigenvalue weighted by molar-refractivity contribution is 5.92. The molecule has 0 N–H and O–H groups in total. The molecule has 0 spiro atoms. The summed E-state index contributed by atoms with van der Waals surface area (Å²) < 4.78 is 0. The lowest BCUT2D eigenvalue weighted by atomic mass is 9.83. The molecule has 3 nitrogen and oxygen atoms in total. The van der Waals surface area contributed by atoms with Gasteiger partial charge in [0.1, 0.15) is 0 Å². The molecule has 2 aliphatic rings. The summed E-state index contributed by atoms with van der Waals surface area (Å²) in [6.07, 6.45) is 5.57. The maximum atomic E-state index is 5.07. The van der Waals surface area contributed by atoms with Crippen LogP contribution in [-0.2, 0) is 0 Å². The van der Waals surface area contributed by atoms with Crippen LogP contribution in [0.5, 0.6) is 0 Å². The first kappa shape index (κ1) is 29.9. The Labute approximate surface area is 298 Å². The molecular weight excluding hydrogens is 619 g/mol. The average molecular weight is 656 g/mol. The molecule has 7 aromatic carbocycles. The predicted octanol–water partition coefficient (Wildman–Crippen LogP) is 12.4. The first-order valence-corrected chi connectivity index (χ1v) is 18.3.